The van der Waals surface area contributed by atoms with Gasteiger partial charge in [-0.2, -0.15) is 0 Å². The first kappa shape index (κ1) is 36.7. The Labute approximate surface area is 375 Å². The van der Waals surface area contributed by atoms with Crippen molar-refractivity contribution in [1.29, 1.82) is 0 Å². The van der Waals surface area contributed by atoms with E-state index in [4.69, 9.17) is 4.42 Å². The van der Waals surface area contributed by atoms with Gasteiger partial charge in [0.1, 0.15) is 11.2 Å². The second kappa shape index (κ2) is 14.6. The van der Waals surface area contributed by atoms with Crippen LogP contribution in [-0.4, -0.2) is 0 Å². The van der Waals surface area contributed by atoms with E-state index in [1.54, 1.807) is 0 Å². The van der Waals surface area contributed by atoms with E-state index in [0.717, 1.165) is 50.1 Å². The van der Waals surface area contributed by atoms with Crippen LogP contribution in [0.15, 0.2) is 241 Å². The molecule has 300 valence electrons. The standard InChI is InChI=1S/C61H39NOS/c1-3-14-43(15-4-1)61(44-16-5-2-6-17-44)54-22-10-7-18-49(54)53-39-47(35-37-55(53)61)62(45-31-26-40(27-32-45)42-30-36-51-50-19-9-12-25-58(50)64-59(51)38-42)46-33-28-41(29-34-46)48-21-13-24-57-60(48)52-20-8-11-23-56(52)63-57/h1-39H. The van der Waals surface area contributed by atoms with Gasteiger partial charge in [0.15, 0.2) is 0 Å². The van der Waals surface area contributed by atoms with Gasteiger partial charge in [-0.05, 0) is 116 Å². The summed E-state index contributed by atoms with van der Waals surface area (Å²) in [5, 5.41) is 4.91. The summed E-state index contributed by atoms with van der Waals surface area (Å²) in [5.74, 6) is 0. The minimum Gasteiger partial charge on any atom is -0.456 e. The van der Waals surface area contributed by atoms with E-state index in [1.165, 1.54) is 64.7 Å². The van der Waals surface area contributed by atoms with Gasteiger partial charge in [0, 0.05) is 48.0 Å². The molecule has 0 saturated heterocycles. The lowest BCUT2D eigenvalue weighted by Crippen LogP contribution is -2.28. The molecule has 12 aromatic rings. The van der Waals surface area contributed by atoms with E-state index in [1.807, 2.05) is 23.5 Å². The lowest BCUT2D eigenvalue weighted by Gasteiger charge is -2.34. The Morgan fingerprint density at radius 2 is 0.906 bits per heavy atom. The highest BCUT2D eigenvalue weighted by Gasteiger charge is 2.46. The monoisotopic (exact) mass is 833 g/mol. The minimum atomic E-state index is -0.463. The first-order valence-corrected chi connectivity index (χ1v) is 22.7. The average Bonchev–Trinajstić information content (AvgIpc) is 4.03. The number of thiophene rings is 1. The number of fused-ring (bicyclic) bond motifs is 9. The molecule has 10 aromatic carbocycles. The van der Waals surface area contributed by atoms with Crippen molar-refractivity contribution in [2.24, 2.45) is 0 Å². The highest BCUT2D eigenvalue weighted by atomic mass is 32.1. The fourth-order valence-electron chi connectivity index (χ4n) is 10.5. The predicted molar refractivity (Wildman–Crippen MR) is 269 cm³/mol. The molecule has 0 unspecified atom stereocenters. The second-order valence-corrected chi connectivity index (χ2v) is 17.9. The smallest absolute Gasteiger partial charge is 0.136 e. The van der Waals surface area contributed by atoms with Crippen molar-refractivity contribution in [3.8, 4) is 33.4 Å². The lowest BCUT2D eigenvalue weighted by molar-refractivity contribution is 0.669. The number of nitrogens with zero attached hydrogens (tertiary/aromatic N) is 1. The fraction of sp³-hybridized carbons (Fsp3) is 0.0164. The van der Waals surface area contributed by atoms with E-state index in [-0.39, 0.29) is 0 Å². The van der Waals surface area contributed by atoms with Gasteiger partial charge in [-0.25, -0.2) is 0 Å². The molecule has 0 saturated carbocycles. The van der Waals surface area contributed by atoms with Crippen molar-refractivity contribution in [2.45, 2.75) is 5.41 Å². The first-order valence-electron chi connectivity index (χ1n) is 21.9. The Hall–Kier alpha value is -7.98. The SMILES string of the molecule is c1ccc(C2(c3ccccc3)c3ccccc3-c3cc(N(c4ccc(-c5ccc6c(c5)sc5ccccc56)cc4)c4ccc(-c5cccc6oc7ccccc7c56)cc4)ccc32)cc1. The maximum Gasteiger partial charge on any atom is 0.136 e. The molecule has 0 spiro atoms. The normalized spacial score (nSPS) is 12.8. The van der Waals surface area contributed by atoms with Crippen LogP contribution >= 0.6 is 11.3 Å². The predicted octanol–water partition coefficient (Wildman–Crippen LogP) is 17.1. The third kappa shape index (κ3) is 5.58. The maximum absolute atomic E-state index is 6.29. The van der Waals surface area contributed by atoms with Crippen molar-refractivity contribution < 1.29 is 4.42 Å². The van der Waals surface area contributed by atoms with E-state index < -0.39 is 5.41 Å². The molecule has 0 amide bonds. The van der Waals surface area contributed by atoms with E-state index in [2.05, 4.69) is 229 Å². The zero-order valence-electron chi connectivity index (χ0n) is 34.8. The summed E-state index contributed by atoms with van der Waals surface area (Å²) in [7, 11) is 0. The molecule has 64 heavy (non-hydrogen) atoms. The Morgan fingerprint density at radius 1 is 0.344 bits per heavy atom. The Bertz CT molecular complexity index is 3670. The quantitative estimate of drug-likeness (QED) is 0.159. The maximum atomic E-state index is 6.29. The fourth-order valence-corrected chi connectivity index (χ4v) is 11.7. The molecule has 2 heterocycles. The molecule has 0 radical (unpaired) electrons. The molecule has 0 fully saturated rings. The summed E-state index contributed by atoms with van der Waals surface area (Å²) in [6, 6.07) is 86.5. The molecule has 2 aromatic heterocycles. The third-order valence-electron chi connectivity index (χ3n) is 13.4. The van der Waals surface area contributed by atoms with Crippen LogP contribution in [0.1, 0.15) is 22.3 Å². The summed E-state index contributed by atoms with van der Waals surface area (Å²) in [6.07, 6.45) is 0. The van der Waals surface area contributed by atoms with Crippen molar-refractivity contribution in [3.63, 3.8) is 0 Å². The highest BCUT2D eigenvalue weighted by Crippen LogP contribution is 2.57. The minimum absolute atomic E-state index is 0.463. The van der Waals surface area contributed by atoms with Crippen molar-refractivity contribution in [2.75, 3.05) is 4.90 Å². The van der Waals surface area contributed by atoms with Crippen LogP contribution in [0.25, 0.3) is 75.5 Å². The Morgan fingerprint density at radius 3 is 1.67 bits per heavy atom. The Balaban J connectivity index is 0.969. The van der Waals surface area contributed by atoms with Gasteiger partial charge in [0.2, 0.25) is 0 Å². The van der Waals surface area contributed by atoms with E-state index >= 15 is 0 Å². The summed E-state index contributed by atoms with van der Waals surface area (Å²) >= 11 is 1.86. The van der Waals surface area contributed by atoms with Crippen molar-refractivity contribution in [3.05, 3.63) is 259 Å². The molecular formula is C61H39NOS. The van der Waals surface area contributed by atoms with Crippen LogP contribution in [0.4, 0.5) is 17.1 Å². The molecule has 0 atom stereocenters. The van der Waals surface area contributed by atoms with Gasteiger partial charge in [-0.15, -0.1) is 11.3 Å². The van der Waals surface area contributed by atoms with Crippen LogP contribution in [0.3, 0.4) is 0 Å². The topological polar surface area (TPSA) is 16.4 Å². The molecule has 0 bridgehead atoms. The van der Waals surface area contributed by atoms with Crippen LogP contribution in [0.5, 0.6) is 0 Å². The lowest BCUT2D eigenvalue weighted by atomic mass is 9.68. The van der Waals surface area contributed by atoms with Crippen LogP contribution < -0.4 is 4.90 Å². The van der Waals surface area contributed by atoms with Gasteiger partial charge >= 0.3 is 0 Å². The van der Waals surface area contributed by atoms with E-state index in [9.17, 15) is 0 Å². The Kier molecular flexibility index (Phi) is 8.34. The summed E-state index contributed by atoms with van der Waals surface area (Å²) in [4.78, 5) is 2.41. The van der Waals surface area contributed by atoms with Crippen molar-refractivity contribution in [1.82, 2.24) is 0 Å². The first-order chi connectivity index (χ1) is 31.7. The van der Waals surface area contributed by atoms with Crippen molar-refractivity contribution >= 4 is 70.5 Å². The zero-order valence-corrected chi connectivity index (χ0v) is 35.6. The van der Waals surface area contributed by atoms with E-state index in [0.29, 0.717) is 0 Å². The molecule has 0 N–H and O–H groups in total. The van der Waals surface area contributed by atoms with Gasteiger partial charge in [-0.3, -0.25) is 0 Å². The number of rotatable bonds is 7. The molecule has 2 nitrogen and oxygen atoms in total. The summed E-state index contributed by atoms with van der Waals surface area (Å²) < 4.78 is 8.93. The zero-order chi connectivity index (χ0) is 42.2. The number of para-hydroxylation sites is 1. The molecule has 3 heteroatoms. The molecule has 1 aliphatic carbocycles. The number of hydrogen-bond acceptors (Lipinski definition) is 3. The third-order valence-corrected chi connectivity index (χ3v) is 14.5. The number of anilines is 3. The molecule has 13 rings (SSSR count). The number of furan rings is 1. The number of benzene rings is 10. The van der Waals surface area contributed by atoms with Crippen LogP contribution in [0, 0.1) is 0 Å². The number of hydrogen-bond donors (Lipinski definition) is 0. The van der Waals surface area contributed by atoms with Gasteiger partial charge in [0.25, 0.3) is 0 Å². The average molecular weight is 834 g/mol. The van der Waals surface area contributed by atoms with Crippen LogP contribution in [0.2, 0.25) is 0 Å². The summed E-state index contributed by atoms with van der Waals surface area (Å²) in [6.45, 7) is 0. The van der Waals surface area contributed by atoms with Gasteiger partial charge in [-0.1, -0.05) is 176 Å². The molecule has 0 aliphatic heterocycles. The highest BCUT2D eigenvalue weighted by molar-refractivity contribution is 7.25. The van der Waals surface area contributed by atoms with Gasteiger partial charge < -0.3 is 9.32 Å². The van der Waals surface area contributed by atoms with Crippen LogP contribution in [-0.2, 0) is 5.41 Å². The van der Waals surface area contributed by atoms with Gasteiger partial charge in [0.05, 0.1) is 5.41 Å². The largest absolute Gasteiger partial charge is 0.456 e. The molecule has 1 aliphatic rings. The second-order valence-electron chi connectivity index (χ2n) is 16.8. The summed E-state index contributed by atoms with van der Waals surface area (Å²) in [5.41, 5.74) is 16.9. The molecular weight excluding hydrogens is 795 g/mol.